The fraction of sp³-hybridized carbons (Fsp3) is 0.579. The van der Waals surface area contributed by atoms with Gasteiger partial charge in [0.05, 0.1) is 36.1 Å². The number of rotatable bonds is 11. The van der Waals surface area contributed by atoms with Crippen molar-refractivity contribution < 1.29 is 37.4 Å². The fourth-order valence-electron chi connectivity index (χ4n) is 7.23. The lowest BCUT2D eigenvalue weighted by Gasteiger charge is -2.54. The monoisotopic (exact) mass is 779 g/mol. The molecule has 2 aliphatic heterocycles. The summed E-state index contributed by atoms with van der Waals surface area (Å²) in [7, 11) is -4.03. The number of carboxylic acids is 1. The van der Waals surface area contributed by atoms with Gasteiger partial charge in [0.2, 0.25) is 21.8 Å². The minimum absolute atomic E-state index is 0.0358. The van der Waals surface area contributed by atoms with E-state index < -0.39 is 62.1 Å². The molecule has 11 nitrogen and oxygen atoms in total. The van der Waals surface area contributed by atoms with Gasteiger partial charge < -0.3 is 19.6 Å². The maximum atomic E-state index is 15.2. The van der Waals surface area contributed by atoms with Gasteiger partial charge in [-0.2, -0.15) is 4.31 Å². The van der Waals surface area contributed by atoms with Crippen LogP contribution in [0.5, 0.6) is 0 Å². The van der Waals surface area contributed by atoms with E-state index in [4.69, 9.17) is 33.0 Å². The van der Waals surface area contributed by atoms with E-state index in [9.17, 15) is 22.8 Å². The molecule has 2 fully saturated rings. The molecule has 0 radical (unpaired) electrons. The number of amides is 2. The number of carboxylic acid groups (broad SMARTS) is 1. The summed E-state index contributed by atoms with van der Waals surface area (Å²) in [6.45, 7) is 13.0. The number of ether oxygens (including phenoxy) is 1. The van der Waals surface area contributed by atoms with Crippen molar-refractivity contribution in [2.45, 2.75) is 97.8 Å². The van der Waals surface area contributed by atoms with Gasteiger partial charge in [-0.25, -0.2) is 8.42 Å². The third-order valence-electron chi connectivity index (χ3n) is 9.79. The van der Waals surface area contributed by atoms with Crippen LogP contribution in [0.15, 0.2) is 48.5 Å². The number of likely N-dealkylation sites (tertiary alicyclic amines) is 1. The largest absolute Gasteiger partial charge is 0.481 e. The Morgan fingerprint density at radius 3 is 2.08 bits per heavy atom. The predicted octanol–water partition coefficient (Wildman–Crippen LogP) is 6.54. The normalized spacial score (nSPS) is 22.6. The third-order valence-corrected chi connectivity index (χ3v) is 12.2. The molecule has 52 heavy (non-hydrogen) atoms. The Morgan fingerprint density at radius 1 is 0.923 bits per heavy atom. The first-order chi connectivity index (χ1) is 24.0. The van der Waals surface area contributed by atoms with Gasteiger partial charge in [-0.05, 0) is 68.0 Å². The van der Waals surface area contributed by atoms with Gasteiger partial charge in [0.25, 0.3) is 0 Å². The van der Waals surface area contributed by atoms with E-state index in [1.165, 1.54) is 9.21 Å². The third kappa shape index (κ3) is 10.3. The molecule has 0 saturated carbocycles. The highest BCUT2D eigenvalue weighted by molar-refractivity contribution is 7.89. The standard InChI is InChI=1S/C38H51Cl2N3O8S/c1-36(2,3)30(24-52(49,50)42-19-17-41(18-20-42)31(44)15-16-32(45)46)43-34(25-11-13-27(39)14-12-25)29(26-9-8-10-28(40)21-26)22-38(7,35(43)48)23-33(47)51-37(4,5)6/h8-14,21,29-30,34H,15-20,22-24H2,1-7H3,(H,45,46)/t29-,30-,34-,38-/m1/s1. The Morgan fingerprint density at radius 2 is 1.54 bits per heavy atom. The van der Waals surface area contributed by atoms with Gasteiger partial charge in [-0.15, -0.1) is 0 Å². The van der Waals surface area contributed by atoms with Gasteiger partial charge >= 0.3 is 11.9 Å². The SMILES string of the molecule is CC(C)(C)OC(=O)C[C@@]1(C)C[C@H](c2cccc(Cl)c2)[C@@H](c2ccc(Cl)cc2)N([C@H](CS(=O)(=O)N2CCN(C(=O)CCC(=O)O)CC2)C(C)(C)C)C1=O. The van der Waals surface area contributed by atoms with E-state index in [0.717, 1.165) is 11.1 Å². The molecule has 0 spiro atoms. The quantitative estimate of drug-likeness (QED) is 0.254. The minimum atomic E-state index is -4.03. The second kappa shape index (κ2) is 16.0. The van der Waals surface area contributed by atoms with Crippen LogP contribution in [0.3, 0.4) is 0 Å². The second-order valence-electron chi connectivity index (χ2n) is 16.2. The highest BCUT2D eigenvalue weighted by Gasteiger charge is 2.55. The molecular formula is C38H51Cl2N3O8S. The topological polar surface area (TPSA) is 142 Å². The number of hydrogen-bond donors (Lipinski definition) is 1. The van der Waals surface area contributed by atoms with E-state index in [1.807, 2.05) is 51.1 Å². The van der Waals surface area contributed by atoms with Crippen LogP contribution < -0.4 is 0 Å². The highest BCUT2D eigenvalue weighted by Crippen LogP contribution is 2.53. The van der Waals surface area contributed by atoms with Gasteiger partial charge in [-0.1, -0.05) is 75.2 Å². The van der Waals surface area contributed by atoms with Crippen molar-refractivity contribution in [2.24, 2.45) is 10.8 Å². The molecule has 14 heteroatoms. The molecule has 2 aromatic carbocycles. The summed E-state index contributed by atoms with van der Waals surface area (Å²) >= 11 is 12.9. The first-order valence-electron chi connectivity index (χ1n) is 17.5. The number of benzene rings is 2. The van der Waals surface area contributed by atoms with Crippen LogP contribution in [0.2, 0.25) is 10.0 Å². The molecule has 2 aliphatic rings. The maximum Gasteiger partial charge on any atom is 0.307 e. The van der Waals surface area contributed by atoms with Crippen LogP contribution in [0, 0.1) is 10.8 Å². The summed E-state index contributed by atoms with van der Waals surface area (Å²) < 4.78 is 35.8. The van der Waals surface area contributed by atoms with Gasteiger partial charge in [0.15, 0.2) is 0 Å². The van der Waals surface area contributed by atoms with Crippen LogP contribution in [-0.4, -0.2) is 95.0 Å². The van der Waals surface area contributed by atoms with Crippen molar-refractivity contribution in [3.8, 4) is 0 Å². The number of piperidine rings is 1. The second-order valence-corrected chi connectivity index (χ2v) is 19.1. The number of nitrogens with zero attached hydrogens (tertiary/aromatic N) is 3. The molecule has 2 saturated heterocycles. The van der Waals surface area contributed by atoms with Crippen molar-refractivity contribution in [1.82, 2.24) is 14.1 Å². The van der Waals surface area contributed by atoms with E-state index in [0.29, 0.717) is 10.0 Å². The summed E-state index contributed by atoms with van der Waals surface area (Å²) in [5.41, 5.74) is -1.24. The molecule has 0 unspecified atom stereocenters. The zero-order valence-corrected chi connectivity index (χ0v) is 33.4. The summed E-state index contributed by atoms with van der Waals surface area (Å²) in [5.74, 6) is -3.13. The number of piperazine rings is 1. The number of hydrogen-bond acceptors (Lipinski definition) is 7. The molecule has 1 N–H and O–H groups in total. The molecule has 4 atom stereocenters. The van der Waals surface area contributed by atoms with Crippen molar-refractivity contribution in [1.29, 1.82) is 0 Å². The van der Waals surface area contributed by atoms with Gasteiger partial charge in [0, 0.05) is 48.6 Å². The summed E-state index contributed by atoms with van der Waals surface area (Å²) in [6, 6.07) is 13.0. The Labute approximate surface area is 317 Å². The number of sulfonamides is 1. The average Bonchev–Trinajstić information content (AvgIpc) is 3.03. The Hall–Kier alpha value is -3.19. The molecule has 4 rings (SSSR count). The molecule has 2 heterocycles. The number of carbonyl (C=O) groups is 4. The van der Waals surface area contributed by atoms with Crippen LogP contribution in [0.1, 0.15) is 97.2 Å². The number of carbonyl (C=O) groups excluding carboxylic acids is 3. The van der Waals surface area contributed by atoms with Crippen molar-refractivity contribution in [3.63, 3.8) is 0 Å². The molecular weight excluding hydrogens is 729 g/mol. The smallest absolute Gasteiger partial charge is 0.307 e. The first kappa shape index (κ1) is 41.6. The van der Waals surface area contributed by atoms with E-state index in [2.05, 4.69) is 0 Å². The molecule has 2 aromatic rings. The van der Waals surface area contributed by atoms with Crippen LogP contribution >= 0.6 is 23.2 Å². The molecule has 0 aliphatic carbocycles. The van der Waals surface area contributed by atoms with E-state index >= 15 is 4.79 Å². The summed E-state index contributed by atoms with van der Waals surface area (Å²) in [5, 5.41) is 9.98. The Balaban J connectivity index is 1.80. The molecule has 286 valence electrons. The lowest BCUT2D eigenvalue weighted by molar-refractivity contribution is -0.169. The zero-order valence-electron chi connectivity index (χ0n) is 31.0. The zero-order chi connectivity index (χ0) is 38.8. The van der Waals surface area contributed by atoms with Crippen LogP contribution in [0.25, 0.3) is 0 Å². The van der Waals surface area contributed by atoms with Crippen LogP contribution in [0.4, 0.5) is 0 Å². The lowest BCUT2D eigenvalue weighted by atomic mass is 9.66. The van der Waals surface area contributed by atoms with Crippen molar-refractivity contribution in [3.05, 3.63) is 69.7 Å². The van der Waals surface area contributed by atoms with Crippen molar-refractivity contribution >= 4 is 57.0 Å². The maximum absolute atomic E-state index is 15.2. The highest BCUT2D eigenvalue weighted by atomic mass is 35.5. The lowest BCUT2D eigenvalue weighted by Crippen LogP contribution is -2.62. The Bertz CT molecular complexity index is 1750. The van der Waals surface area contributed by atoms with Crippen molar-refractivity contribution in [2.75, 3.05) is 31.9 Å². The predicted molar refractivity (Wildman–Crippen MR) is 200 cm³/mol. The van der Waals surface area contributed by atoms with E-state index in [1.54, 1.807) is 50.8 Å². The molecule has 2 amide bonds. The summed E-state index contributed by atoms with van der Waals surface area (Å²) in [4.78, 5) is 55.4. The van der Waals surface area contributed by atoms with E-state index in [-0.39, 0.29) is 63.7 Å². The number of esters is 1. The minimum Gasteiger partial charge on any atom is -0.481 e. The van der Waals surface area contributed by atoms with Gasteiger partial charge in [-0.3, -0.25) is 19.2 Å². The number of aliphatic carboxylic acids is 1. The Kier molecular flexibility index (Phi) is 12.8. The summed E-state index contributed by atoms with van der Waals surface area (Å²) in [6.07, 6.45) is -0.415. The molecule has 0 bridgehead atoms. The number of halogens is 2. The first-order valence-corrected chi connectivity index (χ1v) is 19.9. The van der Waals surface area contributed by atoms with Gasteiger partial charge in [0.1, 0.15) is 5.60 Å². The fourth-order valence-corrected chi connectivity index (χ4v) is 9.54. The average molecular weight is 781 g/mol. The molecule has 0 aromatic heterocycles. The van der Waals surface area contributed by atoms with Crippen LogP contribution in [-0.2, 0) is 33.9 Å².